The van der Waals surface area contributed by atoms with Gasteiger partial charge in [0.1, 0.15) is 0 Å². The number of allylic oxidation sites excluding steroid dienone is 1. The van der Waals surface area contributed by atoms with Crippen LogP contribution in [0.3, 0.4) is 0 Å². The smallest absolute Gasteiger partial charge is 0.334 e. The third-order valence-electron chi connectivity index (χ3n) is 1.36. The number of aliphatic hydroxyl groups excluding tert-OH is 1. The van der Waals surface area contributed by atoms with Crippen LogP contribution in [0, 0.1) is 0 Å². The van der Waals surface area contributed by atoms with Crippen LogP contribution in [0.2, 0.25) is 0 Å². The topological polar surface area (TPSA) is 83.5 Å². The maximum atomic E-state index is 10.1. The first-order valence-electron chi connectivity index (χ1n) is 3.37. The van der Waals surface area contributed by atoms with Crippen molar-refractivity contribution in [3.05, 3.63) is 12.7 Å². The number of aliphatic hydroxyl groups is 1. The number of carboxylic acids is 1. The minimum atomic E-state index is -1.46. The molecule has 0 rings (SSSR count). The van der Waals surface area contributed by atoms with Gasteiger partial charge < -0.3 is 15.9 Å². The molecule has 11 heavy (non-hydrogen) atoms. The Balaban J connectivity index is 3.72. The predicted octanol–water partition coefficient (Wildman–Crippen LogP) is -0.275. The van der Waals surface area contributed by atoms with Gasteiger partial charge >= 0.3 is 5.97 Å². The summed E-state index contributed by atoms with van der Waals surface area (Å²) in [7, 11) is 0. The zero-order valence-corrected chi connectivity index (χ0v) is 6.23. The molecule has 0 bridgehead atoms. The fraction of sp³-hybridized carbons (Fsp3) is 0.571. The summed E-state index contributed by atoms with van der Waals surface area (Å²) in [6, 6.07) is -0.703. The average Bonchev–Trinajstić information content (AvgIpc) is 1.98. The van der Waals surface area contributed by atoms with E-state index in [-0.39, 0.29) is 0 Å². The zero-order valence-electron chi connectivity index (χ0n) is 6.23. The molecule has 0 spiro atoms. The standard InChI is InChI=1S/C7H13NO3/c1-2-3-4-5(8)6(9)7(10)11/h2,5-6,9H,1,3-4,8H2,(H,10,11). The first-order chi connectivity index (χ1) is 5.09. The minimum absolute atomic E-state index is 0.441. The molecule has 0 aromatic carbocycles. The van der Waals surface area contributed by atoms with Crippen LogP contribution >= 0.6 is 0 Å². The first kappa shape index (κ1) is 10.1. The van der Waals surface area contributed by atoms with Crippen LogP contribution in [-0.4, -0.2) is 28.3 Å². The summed E-state index contributed by atoms with van der Waals surface area (Å²) in [5.41, 5.74) is 5.33. The van der Waals surface area contributed by atoms with Crippen LogP contribution in [0.5, 0.6) is 0 Å². The number of hydrogen-bond acceptors (Lipinski definition) is 3. The van der Waals surface area contributed by atoms with E-state index in [1.165, 1.54) is 0 Å². The number of carboxylic acid groups (broad SMARTS) is 1. The number of hydrogen-bond donors (Lipinski definition) is 3. The van der Waals surface area contributed by atoms with Crippen LogP contribution in [0.25, 0.3) is 0 Å². The highest BCUT2D eigenvalue weighted by atomic mass is 16.4. The van der Waals surface area contributed by atoms with Gasteiger partial charge in [0.05, 0.1) is 0 Å². The Kier molecular flexibility index (Phi) is 4.49. The Bertz CT molecular complexity index is 147. The van der Waals surface area contributed by atoms with Crippen molar-refractivity contribution in [2.24, 2.45) is 5.73 Å². The lowest BCUT2D eigenvalue weighted by molar-refractivity contribution is -0.147. The summed E-state index contributed by atoms with van der Waals surface area (Å²) in [6.07, 6.45) is 1.23. The molecule has 2 unspecified atom stereocenters. The molecule has 0 aliphatic heterocycles. The van der Waals surface area contributed by atoms with Crippen molar-refractivity contribution in [2.45, 2.75) is 25.0 Å². The Morgan fingerprint density at radius 3 is 2.64 bits per heavy atom. The lowest BCUT2D eigenvalue weighted by Gasteiger charge is -2.12. The maximum absolute atomic E-state index is 10.1. The third kappa shape index (κ3) is 3.75. The molecule has 0 aromatic rings. The summed E-state index contributed by atoms with van der Waals surface area (Å²) in [6.45, 7) is 3.45. The van der Waals surface area contributed by atoms with Crippen LogP contribution in [0.1, 0.15) is 12.8 Å². The van der Waals surface area contributed by atoms with E-state index in [4.69, 9.17) is 15.9 Å². The van der Waals surface area contributed by atoms with Crippen molar-refractivity contribution >= 4 is 5.97 Å². The predicted molar refractivity (Wildman–Crippen MR) is 41.0 cm³/mol. The van der Waals surface area contributed by atoms with Crippen molar-refractivity contribution in [3.63, 3.8) is 0 Å². The Morgan fingerprint density at radius 2 is 2.27 bits per heavy atom. The molecule has 0 aromatic heterocycles. The monoisotopic (exact) mass is 159 g/mol. The summed E-state index contributed by atoms with van der Waals surface area (Å²) in [5.74, 6) is -1.28. The van der Waals surface area contributed by atoms with Crippen molar-refractivity contribution in [1.82, 2.24) is 0 Å². The van der Waals surface area contributed by atoms with Gasteiger partial charge in [0.25, 0.3) is 0 Å². The van der Waals surface area contributed by atoms with E-state index in [1.54, 1.807) is 6.08 Å². The second-order valence-electron chi connectivity index (χ2n) is 2.31. The maximum Gasteiger partial charge on any atom is 0.334 e. The van der Waals surface area contributed by atoms with Crippen molar-refractivity contribution in [2.75, 3.05) is 0 Å². The Labute approximate surface area is 65.3 Å². The molecule has 4 nitrogen and oxygen atoms in total. The highest BCUT2D eigenvalue weighted by Crippen LogP contribution is 2.00. The number of aliphatic carboxylic acids is 1. The van der Waals surface area contributed by atoms with Crippen LogP contribution < -0.4 is 5.73 Å². The van der Waals surface area contributed by atoms with Gasteiger partial charge in [-0.1, -0.05) is 6.08 Å². The largest absolute Gasteiger partial charge is 0.479 e. The van der Waals surface area contributed by atoms with Gasteiger partial charge in [0, 0.05) is 6.04 Å². The van der Waals surface area contributed by atoms with E-state index in [1.807, 2.05) is 0 Å². The summed E-state index contributed by atoms with van der Waals surface area (Å²) in [4.78, 5) is 10.1. The van der Waals surface area contributed by atoms with Crippen LogP contribution in [0.4, 0.5) is 0 Å². The van der Waals surface area contributed by atoms with E-state index in [0.717, 1.165) is 0 Å². The molecular weight excluding hydrogens is 146 g/mol. The van der Waals surface area contributed by atoms with Crippen molar-refractivity contribution in [1.29, 1.82) is 0 Å². The molecular formula is C7H13NO3. The van der Waals surface area contributed by atoms with E-state index in [9.17, 15) is 4.79 Å². The second kappa shape index (κ2) is 4.87. The molecule has 0 radical (unpaired) electrons. The third-order valence-corrected chi connectivity index (χ3v) is 1.36. The Hall–Kier alpha value is -0.870. The molecule has 0 heterocycles. The molecule has 0 saturated heterocycles. The summed E-state index contributed by atoms with van der Waals surface area (Å²) >= 11 is 0. The van der Waals surface area contributed by atoms with Gasteiger partial charge in [0.15, 0.2) is 6.10 Å². The van der Waals surface area contributed by atoms with Gasteiger partial charge in [-0.05, 0) is 12.8 Å². The fourth-order valence-electron chi connectivity index (χ4n) is 0.651. The normalized spacial score (nSPS) is 15.5. The van der Waals surface area contributed by atoms with Crippen molar-refractivity contribution < 1.29 is 15.0 Å². The van der Waals surface area contributed by atoms with Crippen LogP contribution in [-0.2, 0) is 4.79 Å². The lowest BCUT2D eigenvalue weighted by atomic mass is 10.1. The average molecular weight is 159 g/mol. The number of carbonyl (C=O) groups is 1. The molecule has 4 heteroatoms. The number of rotatable bonds is 5. The SMILES string of the molecule is C=CCCC(N)C(O)C(=O)O. The molecule has 0 saturated carbocycles. The van der Waals surface area contributed by atoms with E-state index in [0.29, 0.717) is 12.8 Å². The molecule has 64 valence electrons. The van der Waals surface area contributed by atoms with Gasteiger partial charge in [-0.25, -0.2) is 4.79 Å². The van der Waals surface area contributed by atoms with Gasteiger partial charge in [-0.3, -0.25) is 0 Å². The molecule has 0 amide bonds. The molecule has 0 aliphatic rings. The second-order valence-corrected chi connectivity index (χ2v) is 2.31. The van der Waals surface area contributed by atoms with Gasteiger partial charge in [-0.15, -0.1) is 6.58 Å². The Morgan fingerprint density at radius 1 is 1.73 bits per heavy atom. The summed E-state index contributed by atoms with van der Waals surface area (Å²) < 4.78 is 0. The molecule has 0 aliphatic carbocycles. The molecule has 0 fully saturated rings. The first-order valence-corrected chi connectivity index (χ1v) is 3.37. The quantitative estimate of drug-likeness (QED) is 0.482. The van der Waals surface area contributed by atoms with E-state index >= 15 is 0 Å². The minimum Gasteiger partial charge on any atom is -0.479 e. The van der Waals surface area contributed by atoms with Crippen molar-refractivity contribution in [3.8, 4) is 0 Å². The highest BCUT2D eigenvalue weighted by molar-refractivity contribution is 5.72. The van der Waals surface area contributed by atoms with Gasteiger partial charge in [0.2, 0.25) is 0 Å². The van der Waals surface area contributed by atoms with E-state index in [2.05, 4.69) is 6.58 Å². The zero-order chi connectivity index (χ0) is 8.85. The highest BCUT2D eigenvalue weighted by Gasteiger charge is 2.20. The lowest BCUT2D eigenvalue weighted by Crippen LogP contribution is -2.40. The van der Waals surface area contributed by atoms with Gasteiger partial charge in [-0.2, -0.15) is 0 Å². The number of nitrogens with two attached hydrogens (primary N) is 1. The fourth-order valence-corrected chi connectivity index (χ4v) is 0.651. The van der Waals surface area contributed by atoms with Crippen LogP contribution in [0.15, 0.2) is 12.7 Å². The summed E-state index contributed by atoms with van der Waals surface area (Å²) in [5, 5.41) is 17.2. The van der Waals surface area contributed by atoms with E-state index < -0.39 is 18.1 Å². The molecule has 2 atom stereocenters. The molecule has 4 N–H and O–H groups in total.